The molecule has 1 amide bonds. The van der Waals surface area contributed by atoms with Crippen LogP contribution in [-0.2, 0) is 12.8 Å². The van der Waals surface area contributed by atoms with Gasteiger partial charge in [0.15, 0.2) is 11.5 Å². The topological polar surface area (TPSA) is 98.7 Å². The van der Waals surface area contributed by atoms with Crippen molar-refractivity contribution in [1.82, 2.24) is 25.3 Å². The van der Waals surface area contributed by atoms with Crippen molar-refractivity contribution in [3.05, 3.63) is 29.2 Å². The van der Waals surface area contributed by atoms with Crippen molar-refractivity contribution in [2.45, 2.75) is 26.7 Å². The summed E-state index contributed by atoms with van der Waals surface area (Å²) in [6.07, 6.45) is 1.51. The molecule has 2 aromatic rings. The first-order chi connectivity index (χ1) is 9.62. The lowest BCUT2D eigenvalue weighted by Crippen LogP contribution is -2.20. The Morgan fingerprint density at radius 3 is 2.55 bits per heavy atom. The van der Waals surface area contributed by atoms with Gasteiger partial charge >= 0.3 is 0 Å². The van der Waals surface area contributed by atoms with Crippen LogP contribution >= 0.6 is 0 Å². The Labute approximate surface area is 117 Å². The number of amides is 1. The number of rotatable bonds is 4. The second-order valence-electron chi connectivity index (χ2n) is 4.28. The summed E-state index contributed by atoms with van der Waals surface area (Å²) in [6.45, 7) is 4.01. The van der Waals surface area contributed by atoms with Gasteiger partial charge in [-0.25, -0.2) is 4.68 Å². The third kappa shape index (κ3) is 2.34. The summed E-state index contributed by atoms with van der Waals surface area (Å²) < 4.78 is 1.69. The number of hydrogen-bond acceptors (Lipinski definition) is 5. The predicted molar refractivity (Wildman–Crippen MR) is 75.7 cm³/mol. The van der Waals surface area contributed by atoms with Crippen molar-refractivity contribution in [3.8, 4) is 5.82 Å². The molecule has 0 fully saturated rings. The predicted octanol–water partition coefficient (Wildman–Crippen LogP) is 0.729. The number of nitrogens with one attached hydrogen (secondary N) is 1. The van der Waals surface area contributed by atoms with Gasteiger partial charge in [-0.15, -0.1) is 10.2 Å². The maximum atomic E-state index is 11.4. The van der Waals surface area contributed by atoms with Gasteiger partial charge in [0.05, 0.1) is 17.1 Å². The van der Waals surface area contributed by atoms with Gasteiger partial charge in [-0.2, -0.15) is 5.10 Å². The first-order valence-electron chi connectivity index (χ1n) is 6.54. The third-order valence-electron chi connectivity index (χ3n) is 3.10. The normalized spacial score (nSPS) is 10.6. The lowest BCUT2D eigenvalue weighted by Gasteiger charge is -2.05. The summed E-state index contributed by atoms with van der Waals surface area (Å²) in [6, 6.07) is 3.33. The molecular weight excluding hydrogens is 256 g/mol. The molecule has 0 bridgehead atoms. The zero-order valence-electron chi connectivity index (χ0n) is 11.8. The number of nitrogen functional groups attached to an aromatic ring is 1. The van der Waals surface area contributed by atoms with E-state index in [1.165, 1.54) is 0 Å². The number of aromatic nitrogens is 4. The smallest absolute Gasteiger partial charge is 0.271 e. The van der Waals surface area contributed by atoms with Crippen LogP contribution in [0.15, 0.2) is 12.1 Å². The Morgan fingerprint density at radius 1 is 1.30 bits per heavy atom. The highest BCUT2D eigenvalue weighted by atomic mass is 16.1. The van der Waals surface area contributed by atoms with Gasteiger partial charge in [0.1, 0.15) is 0 Å². The molecule has 106 valence electrons. The lowest BCUT2D eigenvalue weighted by molar-refractivity contribution is 0.0957. The second kappa shape index (κ2) is 5.68. The Hall–Kier alpha value is -2.44. The SMILES string of the molecule is CCc1nn(-c2ccc(C(=O)NC)nn2)c(CC)c1N. The first-order valence-corrected chi connectivity index (χ1v) is 6.54. The molecule has 20 heavy (non-hydrogen) atoms. The zero-order chi connectivity index (χ0) is 14.7. The molecule has 7 nitrogen and oxygen atoms in total. The minimum absolute atomic E-state index is 0.269. The average Bonchev–Trinajstić information content (AvgIpc) is 2.82. The van der Waals surface area contributed by atoms with Crippen molar-refractivity contribution in [2.24, 2.45) is 0 Å². The van der Waals surface area contributed by atoms with E-state index in [0.717, 1.165) is 24.2 Å². The van der Waals surface area contributed by atoms with Crippen LogP contribution in [0.2, 0.25) is 0 Å². The van der Waals surface area contributed by atoms with E-state index in [4.69, 9.17) is 5.73 Å². The van der Waals surface area contributed by atoms with Crippen molar-refractivity contribution >= 4 is 11.6 Å². The van der Waals surface area contributed by atoms with E-state index < -0.39 is 0 Å². The highest BCUT2D eigenvalue weighted by Gasteiger charge is 2.15. The molecule has 3 N–H and O–H groups in total. The molecule has 0 saturated heterocycles. The summed E-state index contributed by atoms with van der Waals surface area (Å²) in [5.41, 5.74) is 8.79. The lowest BCUT2D eigenvalue weighted by atomic mass is 10.2. The van der Waals surface area contributed by atoms with Crippen LogP contribution in [0.3, 0.4) is 0 Å². The van der Waals surface area contributed by atoms with E-state index in [-0.39, 0.29) is 11.6 Å². The number of nitrogens with two attached hydrogens (primary N) is 1. The van der Waals surface area contributed by atoms with E-state index in [1.807, 2.05) is 13.8 Å². The number of nitrogens with zero attached hydrogens (tertiary/aromatic N) is 4. The summed E-state index contributed by atoms with van der Waals surface area (Å²) in [5, 5.41) is 14.9. The zero-order valence-corrected chi connectivity index (χ0v) is 11.8. The number of anilines is 1. The Balaban J connectivity index is 2.44. The van der Waals surface area contributed by atoms with Crippen LogP contribution in [0.25, 0.3) is 5.82 Å². The number of aryl methyl sites for hydroxylation is 1. The average molecular weight is 274 g/mol. The second-order valence-corrected chi connectivity index (χ2v) is 4.28. The molecule has 0 saturated carbocycles. The van der Waals surface area contributed by atoms with Crippen LogP contribution in [0.5, 0.6) is 0 Å². The van der Waals surface area contributed by atoms with E-state index in [2.05, 4.69) is 20.6 Å². The highest BCUT2D eigenvalue weighted by Crippen LogP contribution is 2.21. The number of carbonyl (C=O) groups is 1. The summed E-state index contributed by atoms with van der Waals surface area (Å²) in [5.74, 6) is 0.287. The van der Waals surface area contributed by atoms with E-state index in [0.29, 0.717) is 11.5 Å². The monoisotopic (exact) mass is 274 g/mol. The van der Waals surface area contributed by atoms with Crippen LogP contribution in [0, 0.1) is 0 Å². The van der Waals surface area contributed by atoms with Gasteiger partial charge in [0, 0.05) is 7.05 Å². The van der Waals surface area contributed by atoms with E-state index >= 15 is 0 Å². The van der Waals surface area contributed by atoms with Crippen LogP contribution in [0.4, 0.5) is 5.69 Å². The molecule has 0 radical (unpaired) electrons. The molecule has 0 aliphatic carbocycles. The molecule has 0 aliphatic heterocycles. The maximum absolute atomic E-state index is 11.4. The first kappa shape index (κ1) is 14.0. The minimum atomic E-state index is -0.269. The number of hydrogen-bond donors (Lipinski definition) is 2. The van der Waals surface area contributed by atoms with Gasteiger partial charge in [-0.05, 0) is 25.0 Å². The molecule has 0 unspecified atom stereocenters. The molecule has 2 rings (SSSR count). The van der Waals surface area contributed by atoms with E-state index in [9.17, 15) is 4.79 Å². The largest absolute Gasteiger partial charge is 0.396 e. The van der Waals surface area contributed by atoms with Crippen molar-refractivity contribution in [3.63, 3.8) is 0 Å². The van der Waals surface area contributed by atoms with Gasteiger partial charge in [0.2, 0.25) is 0 Å². The maximum Gasteiger partial charge on any atom is 0.271 e. The summed E-state index contributed by atoms with van der Waals surface area (Å²) in [7, 11) is 1.55. The fraction of sp³-hybridized carbons (Fsp3) is 0.385. The van der Waals surface area contributed by atoms with Crippen LogP contribution < -0.4 is 11.1 Å². The van der Waals surface area contributed by atoms with Gasteiger partial charge in [-0.3, -0.25) is 4.79 Å². The van der Waals surface area contributed by atoms with Gasteiger partial charge in [-0.1, -0.05) is 13.8 Å². The Morgan fingerprint density at radius 2 is 2.05 bits per heavy atom. The molecule has 0 aromatic carbocycles. The fourth-order valence-corrected chi connectivity index (χ4v) is 1.99. The minimum Gasteiger partial charge on any atom is -0.396 e. The molecule has 2 heterocycles. The van der Waals surface area contributed by atoms with Crippen LogP contribution in [-0.4, -0.2) is 32.9 Å². The highest BCUT2D eigenvalue weighted by molar-refractivity contribution is 5.91. The molecule has 0 aliphatic rings. The fourth-order valence-electron chi connectivity index (χ4n) is 1.99. The van der Waals surface area contributed by atoms with E-state index in [1.54, 1.807) is 23.9 Å². The Kier molecular flexibility index (Phi) is 3.97. The van der Waals surface area contributed by atoms with Crippen molar-refractivity contribution in [1.29, 1.82) is 0 Å². The molecular formula is C13H18N6O. The third-order valence-corrected chi connectivity index (χ3v) is 3.10. The molecule has 0 spiro atoms. The standard InChI is InChI=1S/C13H18N6O/c1-4-8-12(14)10(5-2)19(18-8)11-7-6-9(16-17-11)13(20)15-3/h6-7H,4-5,14H2,1-3H3,(H,15,20). The quantitative estimate of drug-likeness (QED) is 0.856. The van der Waals surface area contributed by atoms with Gasteiger partial charge < -0.3 is 11.1 Å². The molecule has 0 atom stereocenters. The Bertz CT molecular complexity index is 617. The van der Waals surface area contributed by atoms with Crippen molar-refractivity contribution < 1.29 is 4.79 Å². The van der Waals surface area contributed by atoms with Crippen molar-refractivity contribution in [2.75, 3.05) is 12.8 Å². The molecule has 7 heteroatoms. The van der Waals surface area contributed by atoms with Crippen LogP contribution in [0.1, 0.15) is 35.7 Å². The summed E-state index contributed by atoms with van der Waals surface area (Å²) in [4.78, 5) is 11.4. The summed E-state index contributed by atoms with van der Waals surface area (Å²) >= 11 is 0. The molecule has 2 aromatic heterocycles. The van der Waals surface area contributed by atoms with Gasteiger partial charge in [0.25, 0.3) is 5.91 Å². The number of carbonyl (C=O) groups excluding carboxylic acids is 1.